The Bertz CT molecular complexity index is 790. The van der Waals surface area contributed by atoms with Gasteiger partial charge in [0.25, 0.3) is 5.91 Å². The Hall–Kier alpha value is -2.88. The number of hydrogen-bond acceptors (Lipinski definition) is 2. The molecule has 3 rings (SSSR count). The van der Waals surface area contributed by atoms with Crippen molar-refractivity contribution in [1.82, 2.24) is 14.9 Å². The predicted octanol–water partition coefficient (Wildman–Crippen LogP) is 3.73. The van der Waals surface area contributed by atoms with E-state index in [1.807, 2.05) is 42.0 Å². The van der Waals surface area contributed by atoms with Crippen molar-refractivity contribution in [2.45, 2.75) is 26.4 Å². The third-order valence-corrected chi connectivity index (χ3v) is 4.07. The van der Waals surface area contributed by atoms with Crippen LogP contribution in [0.4, 0.5) is 0 Å². The van der Waals surface area contributed by atoms with E-state index in [0.717, 1.165) is 17.7 Å². The molecule has 1 aromatic heterocycles. The van der Waals surface area contributed by atoms with E-state index in [1.165, 1.54) is 5.56 Å². The minimum absolute atomic E-state index is 0.0243. The number of benzene rings is 2. The Morgan fingerprint density at radius 1 is 1.12 bits per heavy atom. The van der Waals surface area contributed by atoms with Gasteiger partial charge in [0.1, 0.15) is 0 Å². The predicted molar refractivity (Wildman–Crippen MR) is 94.8 cm³/mol. The summed E-state index contributed by atoms with van der Waals surface area (Å²) >= 11 is 0. The van der Waals surface area contributed by atoms with E-state index in [-0.39, 0.29) is 11.9 Å². The van der Waals surface area contributed by atoms with Crippen LogP contribution >= 0.6 is 0 Å². The highest BCUT2D eigenvalue weighted by molar-refractivity contribution is 5.94. The van der Waals surface area contributed by atoms with Crippen molar-refractivity contribution in [2.75, 3.05) is 0 Å². The zero-order valence-corrected chi connectivity index (χ0v) is 13.9. The summed E-state index contributed by atoms with van der Waals surface area (Å²) in [5, 5.41) is 3.04. The van der Waals surface area contributed by atoms with Crippen LogP contribution in [0, 0.1) is 6.92 Å². The van der Waals surface area contributed by atoms with Crippen molar-refractivity contribution >= 4 is 5.91 Å². The largest absolute Gasteiger partial charge is 0.346 e. The van der Waals surface area contributed by atoms with Gasteiger partial charge in [-0.25, -0.2) is 4.98 Å². The minimum Gasteiger partial charge on any atom is -0.346 e. The van der Waals surface area contributed by atoms with Gasteiger partial charge >= 0.3 is 0 Å². The SMILES string of the molecule is Cc1ccc([C@@H](C)NC(=O)c2ccc(Cn3ccnc3)cc2)cc1. The fraction of sp³-hybridized carbons (Fsp3) is 0.200. The summed E-state index contributed by atoms with van der Waals surface area (Å²) < 4.78 is 1.99. The third-order valence-electron chi connectivity index (χ3n) is 4.07. The van der Waals surface area contributed by atoms with Crippen molar-refractivity contribution in [3.63, 3.8) is 0 Å². The number of nitrogens with zero attached hydrogens (tertiary/aromatic N) is 2. The van der Waals surface area contributed by atoms with Gasteiger partial charge in [-0.05, 0) is 37.1 Å². The molecule has 0 bridgehead atoms. The molecule has 4 heteroatoms. The molecule has 0 radical (unpaired) electrons. The molecule has 1 atom stereocenters. The first-order valence-corrected chi connectivity index (χ1v) is 8.04. The molecule has 122 valence electrons. The van der Waals surface area contributed by atoms with Crippen LogP contribution < -0.4 is 5.32 Å². The van der Waals surface area contributed by atoms with Gasteiger partial charge in [-0.15, -0.1) is 0 Å². The first-order valence-electron chi connectivity index (χ1n) is 8.04. The molecule has 0 saturated heterocycles. The number of hydrogen-bond donors (Lipinski definition) is 1. The Labute approximate surface area is 142 Å². The number of rotatable bonds is 5. The van der Waals surface area contributed by atoms with Crippen LogP contribution in [0.25, 0.3) is 0 Å². The monoisotopic (exact) mass is 319 g/mol. The van der Waals surface area contributed by atoms with Crippen LogP contribution in [0.5, 0.6) is 0 Å². The van der Waals surface area contributed by atoms with E-state index >= 15 is 0 Å². The van der Waals surface area contributed by atoms with Gasteiger partial charge in [-0.1, -0.05) is 42.0 Å². The molecule has 3 aromatic rings. The van der Waals surface area contributed by atoms with Gasteiger partial charge in [0.2, 0.25) is 0 Å². The van der Waals surface area contributed by atoms with E-state index in [1.54, 1.807) is 12.5 Å². The Kier molecular flexibility index (Phi) is 4.75. The summed E-state index contributed by atoms with van der Waals surface area (Å²) in [5.41, 5.74) is 4.12. The molecule has 24 heavy (non-hydrogen) atoms. The molecule has 0 saturated carbocycles. The highest BCUT2D eigenvalue weighted by Gasteiger charge is 2.11. The summed E-state index contributed by atoms with van der Waals surface area (Å²) in [4.78, 5) is 16.4. The Morgan fingerprint density at radius 2 is 1.83 bits per heavy atom. The summed E-state index contributed by atoms with van der Waals surface area (Å²) in [6.07, 6.45) is 5.46. The molecule has 0 aliphatic rings. The highest BCUT2D eigenvalue weighted by atomic mass is 16.1. The molecular weight excluding hydrogens is 298 g/mol. The van der Waals surface area contributed by atoms with E-state index in [9.17, 15) is 4.79 Å². The molecule has 1 amide bonds. The van der Waals surface area contributed by atoms with Gasteiger partial charge in [0.15, 0.2) is 0 Å². The Balaban J connectivity index is 1.63. The lowest BCUT2D eigenvalue weighted by Gasteiger charge is -2.15. The first-order chi connectivity index (χ1) is 11.6. The van der Waals surface area contributed by atoms with E-state index in [4.69, 9.17) is 0 Å². The summed E-state index contributed by atoms with van der Waals surface area (Å²) in [6.45, 7) is 4.80. The van der Waals surface area contributed by atoms with Crippen molar-refractivity contribution in [1.29, 1.82) is 0 Å². The van der Waals surface area contributed by atoms with E-state index < -0.39 is 0 Å². The van der Waals surface area contributed by atoms with Crippen molar-refractivity contribution in [3.05, 3.63) is 89.5 Å². The quantitative estimate of drug-likeness (QED) is 0.779. The van der Waals surface area contributed by atoms with Crippen LogP contribution in [0.1, 0.15) is 40.0 Å². The molecule has 0 fully saturated rings. The first kappa shape index (κ1) is 16.0. The van der Waals surface area contributed by atoms with Crippen LogP contribution in [-0.2, 0) is 6.54 Å². The van der Waals surface area contributed by atoms with Crippen molar-refractivity contribution in [3.8, 4) is 0 Å². The molecule has 0 unspecified atom stereocenters. The number of imidazole rings is 1. The lowest BCUT2D eigenvalue weighted by atomic mass is 10.1. The summed E-state index contributed by atoms with van der Waals surface area (Å²) in [5.74, 6) is -0.0581. The van der Waals surface area contributed by atoms with Gasteiger partial charge in [-0.2, -0.15) is 0 Å². The molecule has 1 N–H and O–H groups in total. The number of amides is 1. The molecule has 1 heterocycles. The zero-order chi connectivity index (χ0) is 16.9. The molecule has 2 aromatic carbocycles. The normalized spacial score (nSPS) is 11.9. The second kappa shape index (κ2) is 7.13. The second-order valence-electron chi connectivity index (χ2n) is 6.04. The standard InChI is InChI=1S/C20H21N3O/c1-15-3-7-18(8-4-15)16(2)22-20(24)19-9-5-17(6-10-19)13-23-12-11-21-14-23/h3-12,14,16H,13H2,1-2H3,(H,22,24)/t16-/m1/s1. The maximum absolute atomic E-state index is 12.4. The van der Waals surface area contributed by atoms with Crippen LogP contribution in [0.3, 0.4) is 0 Å². The number of carbonyl (C=O) groups excluding carboxylic acids is 1. The molecule has 0 spiro atoms. The highest BCUT2D eigenvalue weighted by Crippen LogP contribution is 2.14. The van der Waals surface area contributed by atoms with E-state index in [2.05, 4.69) is 41.5 Å². The van der Waals surface area contributed by atoms with Crippen LogP contribution in [0.15, 0.2) is 67.3 Å². The number of nitrogens with one attached hydrogen (secondary N) is 1. The zero-order valence-electron chi connectivity index (χ0n) is 13.9. The topological polar surface area (TPSA) is 46.9 Å². The smallest absolute Gasteiger partial charge is 0.251 e. The fourth-order valence-electron chi connectivity index (χ4n) is 2.57. The number of aromatic nitrogens is 2. The van der Waals surface area contributed by atoms with Gasteiger partial charge in [0, 0.05) is 24.5 Å². The van der Waals surface area contributed by atoms with Crippen LogP contribution in [-0.4, -0.2) is 15.5 Å². The number of carbonyl (C=O) groups is 1. The molecular formula is C20H21N3O. The molecule has 0 aliphatic carbocycles. The van der Waals surface area contributed by atoms with E-state index in [0.29, 0.717) is 5.56 Å². The van der Waals surface area contributed by atoms with Crippen molar-refractivity contribution < 1.29 is 4.79 Å². The fourth-order valence-corrected chi connectivity index (χ4v) is 2.57. The van der Waals surface area contributed by atoms with Crippen LogP contribution in [0.2, 0.25) is 0 Å². The second-order valence-corrected chi connectivity index (χ2v) is 6.04. The lowest BCUT2D eigenvalue weighted by molar-refractivity contribution is 0.0940. The minimum atomic E-state index is -0.0581. The van der Waals surface area contributed by atoms with Gasteiger partial charge in [-0.3, -0.25) is 4.79 Å². The average Bonchev–Trinajstić information content (AvgIpc) is 3.09. The maximum atomic E-state index is 12.4. The summed E-state index contributed by atoms with van der Waals surface area (Å²) in [6, 6.07) is 15.9. The lowest BCUT2D eigenvalue weighted by Crippen LogP contribution is -2.26. The van der Waals surface area contributed by atoms with Gasteiger partial charge < -0.3 is 9.88 Å². The Morgan fingerprint density at radius 3 is 2.46 bits per heavy atom. The average molecular weight is 319 g/mol. The maximum Gasteiger partial charge on any atom is 0.251 e. The summed E-state index contributed by atoms with van der Waals surface area (Å²) in [7, 11) is 0. The third kappa shape index (κ3) is 3.90. The van der Waals surface area contributed by atoms with Gasteiger partial charge in [0.05, 0.1) is 12.4 Å². The molecule has 4 nitrogen and oxygen atoms in total. The number of aryl methyl sites for hydroxylation is 1. The van der Waals surface area contributed by atoms with Crippen molar-refractivity contribution in [2.24, 2.45) is 0 Å². The molecule has 0 aliphatic heterocycles.